The van der Waals surface area contributed by atoms with E-state index in [0.717, 1.165) is 30.2 Å². The van der Waals surface area contributed by atoms with Gasteiger partial charge < -0.3 is 9.30 Å². The average molecular weight is 521 g/mol. The van der Waals surface area contributed by atoms with E-state index in [1.54, 1.807) is 37.5 Å². The van der Waals surface area contributed by atoms with Crippen LogP contribution >= 0.6 is 11.8 Å². The number of aryl methyl sites for hydroxylation is 2. The fourth-order valence-electron chi connectivity index (χ4n) is 4.60. The van der Waals surface area contributed by atoms with E-state index >= 15 is 8.78 Å². The van der Waals surface area contributed by atoms with Gasteiger partial charge in [-0.05, 0) is 56.9 Å². The van der Waals surface area contributed by atoms with E-state index in [4.69, 9.17) is 4.74 Å². The molecule has 37 heavy (non-hydrogen) atoms. The van der Waals surface area contributed by atoms with Gasteiger partial charge in [0, 0.05) is 29.4 Å². The number of carbonyl (C=O) groups excluding carboxylic acids is 1. The highest BCUT2D eigenvalue weighted by molar-refractivity contribution is 7.98. The number of pyridine rings is 2. The highest BCUT2D eigenvalue weighted by Gasteiger charge is 2.33. The second kappa shape index (κ2) is 10.1. The van der Waals surface area contributed by atoms with Gasteiger partial charge in [0.05, 0.1) is 28.0 Å². The first kappa shape index (κ1) is 25.1. The van der Waals surface area contributed by atoms with Gasteiger partial charge in [-0.1, -0.05) is 30.3 Å². The molecule has 190 valence electrons. The first-order valence-corrected chi connectivity index (χ1v) is 13.2. The summed E-state index contributed by atoms with van der Waals surface area (Å²) in [5.74, 6) is -2.08. The van der Waals surface area contributed by atoms with Crippen molar-refractivity contribution in [3.05, 3.63) is 93.0 Å². The van der Waals surface area contributed by atoms with Crippen molar-refractivity contribution in [1.82, 2.24) is 9.55 Å². The number of nitrogens with zero attached hydrogens (tertiary/aromatic N) is 2. The van der Waals surface area contributed by atoms with Gasteiger partial charge in [0.25, 0.3) is 0 Å². The maximum absolute atomic E-state index is 16.4. The molecule has 0 aliphatic heterocycles. The van der Waals surface area contributed by atoms with Crippen LogP contribution in [0.2, 0.25) is 0 Å². The summed E-state index contributed by atoms with van der Waals surface area (Å²) in [4.78, 5) is 30.7. The van der Waals surface area contributed by atoms with Crippen LogP contribution in [0.3, 0.4) is 0 Å². The minimum Gasteiger partial charge on any atom is -0.462 e. The Labute approximate surface area is 217 Å². The van der Waals surface area contributed by atoms with Gasteiger partial charge in [0.2, 0.25) is 5.43 Å². The number of esters is 1. The molecule has 0 bridgehead atoms. The highest BCUT2D eigenvalue weighted by Crippen LogP contribution is 2.44. The van der Waals surface area contributed by atoms with Crippen LogP contribution in [-0.4, -0.2) is 22.1 Å². The van der Waals surface area contributed by atoms with Crippen molar-refractivity contribution in [3.8, 4) is 11.1 Å². The topological polar surface area (TPSA) is 61.2 Å². The number of rotatable bonds is 7. The van der Waals surface area contributed by atoms with Crippen LogP contribution in [0, 0.1) is 25.5 Å². The zero-order valence-electron chi connectivity index (χ0n) is 20.8. The van der Waals surface area contributed by atoms with E-state index in [2.05, 4.69) is 4.98 Å². The van der Waals surface area contributed by atoms with Gasteiger partial charge in [0.1, 0.15) is 11.4 Å². The molecule has 0 amide bonds. The molecule has 1 saturated carbocycles. The van der Waals surface area contributed by atoms with Gasteiger partial charge in [0.15, 0.2) is 5.82 Å². The molecule has 0 unspecified atom stereocenters. The average Bonchev–Trinajstić information content (AvgIpc) is 3.70. The van der Waals surface area contributed by atoms with Crippen molar-refractivity contribution >= 4 is 28.6 Å². The minimum atomic E-state index is -0.823. The molecular weight excluding hydrogens is 494 g/mol. The molecule has 1 aliphatic carbocycles. The SMILES string of the molecule is CCOC(=O)c1cn(C2CC2)c2c(F)c(-c3cc(C)nc(C)c3)c(F)c(SCc3ccccc3)c2c1=O. The zero-order valence-corrected chi connectivity index (χ0v) is 21.6. The second-order valence-electron chi connectivity index (χ2n) is 9.20. The maximum Gasteiger partial charge on any atom is 0.343 e. The van der Waals surface area contributed by atoms with Crippen molar-refractivity contribution in [3.63, 3.8) is 0 Å². The number of hydrogen-bond acceptors (Lipinski definition) is 5. The number of fused-ring (bicyclic) bond motifs is 1. The number of hydrogen-bond donors (Lipinski definition) is 0. The van der Waals surface area contributed by atoms with Crippen molar-refractivity contribution in [2.75, 3.05) is 6.61 Å². The van der Waals surface area contributed by atoms with Gasteiger partial charge in [-0.15, -0.1) is 11.8 Å². The predicted octanol–water partition coefficient (Wildman–Crippen LogP) is 6.76. The van der Waals surface area contributed by atoms with Crippen LogP contribution in [0.25, 0.3) is 22.0 Å². The number of benzene rings is 2. The van der Waals surface area contributed by atoms with Crippen molar-refractivity contribution in [2.45, 2.75) is 50.3 Å². The lowest BCUT2D eigenvalue weighted by molar-refractivity contribution is 0.0524. The molecule has 4 aromatic rings. The zero-order chi connectivity index (χ0) is 26.3. The largest absolute Gasteiger partial charge is 0.462 e. The molecule has 2 aromatic carbocycles. The first-order valence-electron chi connectivity index (χ1n) is 12.2. The maximum atomic E-state index is 16.4. The van der Waals surface area contributed by atoms with Gasteiger partial charge >= 0.3 is 5.97 Å². The molecule has 0 atom stereocenters. The minimum absolute atomic E-state index is 0.0135. The number of aromatic nitrogens is 2. The number of ether oxygens (including phenoxy) is 1. The van der Waals surface area contributed by atoms with Crippen molar-refractivity contribution < 1.29 is 18.3 Å². The summed E-state index contributed by atoms with van der Waals surface area (Å²) in [5.41, 5.74) is 1.40. The van der Waals surface area contributed by atoms with E-state index in [1.165, 1.54) is 6.20 Å². The van der Waals surface area contributed by atoms with Gasteiger partial charge in [-0.2, -0.15) is 0 Å². The molecule has 5 nitrogen and oxygen atoms in total. The molecule has 1 fully saturated rings. The molecule has 0 saturated heterocycles. The third-order valence-corrected chi connectivity index (χ3v) is 7.49. The summed E-state index contributed by atoms with van der Waals surface area (Å²) in [7, 11) is 0. The fraction of sp³-hybridized carbons (Fsp3) is 0.276. The Morgan fingerprint density at radius 2 is 1.78 bits per heavy atom. The summed E-state index contributed by atoms with van der Waals surface area (Å²) in [6.07, 6.45) is 2.92. The lowest BCUT2D eigenvalue weighted by Crippen LogP contribution is -2.22. The van der Waals surface area contributed by atoms with E-state index in [-0.39, 0.29) is 39.6 Å². The van der Waals surface area contributed by atoms with Gasteiger partial charge in [-0.3, -0.25) is 9.78 Å². The Bertz CT molecular complexity index is 1560. The summed E-state index contributed by atoms with van der Waals surface area (Å²) < 4.78 is 39.5. The molecule has 8 heteroatoms. The Kier molecular flexibility index (Phi) is 6.86. The third-order valence-electron chi connectivity index (χ3n) is 6.34. The van der Waals surface area contributed by atoms with E-state index in [9.17, 15) is 9.59 Å². The Morgan fingerprint density at radius 1 is 1.11 bits per heavy atom. The van der Waals surface area contributed by atoms with Crippen LogP contribution in [-0.2, 0) is 10.5 Å². The molecule has 0 spiro atoms. The Morgan fingerprint density at radius 3 is 2.41 bits per heavy atom. The number of halogens is 2. The summed E-state index contributed by atoms with van der Waals surface area (Å²) >= 11 is 1.12. The highest BCUT2D eigenvalue weighted by atomic mass is 32.2. The van der Waals surface area contributed by atoms with Gasteiger partial charge in [-0.25, -0.2) is 13.6 Å². The second-order valence-corrected chi connectivity index (χ2v) is 10.2. The molecule has 0 N–H and O–H groups in total. The molecular formula is C29H26F2N2O3S. The summed E-state index contributed by atoms with van der Waals surface area (Å²) in [6, 6.07) is 12.6. The van der Waals surface area contributed by atoms with Crippen LogP contribution in [0.15, 0.2) is 58.4 Å². The molecule has 2 aromatic heterocycles. The monoisotopic (exact) mass is 520 g/mol. The molecule has 0 radical (unpaired) electrons. The summed E-state index contributed by atoms with van der Waals surface area (Å²) in [6.45, 7) is 5.26. The first-order chi connectivity index (χ1) is 17.8. The number of carbonyl (C=O) groups is 1. The van der Waals surface area contributed by atoms with Crippen LogP contribution in [0.1, 0.15) is 53.1 Å². The van der Waals surface area contributed by atoms with Crippen molar-refractivity contribution in [2.24, 2.45) is 0 Å². The molecule has 1 aliphatic rings. The smallest absolute Gasteiger partial charge is 0.343 e. The standard InChI is InChI=1S/C29H26F2N2O3S/c1-4-36-29(35)21-14-33(20-10-11-20)26-23(27(21)34)28(37-15-18-8-6-5-7-9-18)25(31)22(24(26)30)19-12-16(2)32-17(3)13-19/h5-9,12-14,20H,4,10-11,15H2,1-3H3. The normalized spacial score (nSPS) is 13.2. The summed E-state index contributed by atoms with van der Waals surface area (Å²) in [5, 5.41) is -0.125. The molecule has 2 heterocycles. The number of thioether (sulfide) groups is 1. The van der Waals surface area contributed by atoms with Crippen LogP contribution in [0.4, 0.5) is 8.78 Å². The predicted molar refractivity (Wildman–Crippen MR) is 141 cm³/mol. The van der Waals surface area contributed by atoms with E-state index < -0.39 is 23.0 Å². The lowest BCUT2D eigenvalue weighted by atomic mass is 9.99. The fourth-order valence-corrected chi connectivity index (χ4v) is 5.66. The molecule has 5 rings (SSSR count). The van der Waals surface area contributed by atoms with Crippen molar-refractivity contribution in [1.29, 1.82) is 0 Å². The van der Waals surface area contributed by atoms with Crippen LogP contribution in [0.5, 0.6) is 0 Å². The van der Waals surface area contributed by atoms with E-state index in [0.29, 0.717) is 22.7 Å². The Balaban J connectivity index is 1.85. The quantitative estimate of drug-likeness (QED) is 0.199. The Hall–Kier alpha value is -3.52. The lowest BCUT2D eigenvalue weighted by Gasteiger charge is -2.19. The van der Waals surface area contributed by atoms with E-state index in [1.807, 2.05) is 30.3 Å². The van der Waals surface area contributed by atoms with Crippen LogP contribution < -0.4 is 5.43 Å². The third kappa shape index (κ3) is 4.78.